The molecule has 6 heteroatoms. The Morgan fingerprint density at radius 1 is 1.33 bits per heavy atom. The van der Waals surface area contributed by atoms with Gasteiger partial charge in [0.2, 0.25) is 10.0 Å². The molecule has 21 heavy (non-hydrogen) atoms. The fourth-order valence-corrected chi connectivity index (χ4v) is 3.75. The van der Waals surface area contributed by atoms with Crippen molar-refractivity contribution in [3.05, 3.63) is 23.8 Å². The first kappa shape index (κ1) is 17.9. The summed E-state index contributed by atoms with van der Waals surface area (Å²) in [5.74, 6) is 0.579. The number of sulfonamides is 1. The minimum Gasteiger partial charge on any atom is -0.497 e. The molecule has 0 atom stereocenters. The Morgan fingerprint density at radius 2 is 1.95 bits per heavy atom. The van der Waals surface area contributed by atoms with E-state index in [1.165, 1.54) is 11.4 Å². The van der Waals surface area contributed by atoms with E-state index in [4.69, 9.17) is 9.84 Å². The maximum absolute atomic E-state index is 12.8. The lowest BCUT2D eigenvalue weighted by Gasteiger charge is -2.34. The average Bonchev–Trinajstić information content (AvgIpc) is 2.46. The van der Waals surface area contributed by atoms with Crippen molar-refractivity contribution in [3.8, 4) is 5.75 Å². The number of rotatable bonds is 7. The predicted octanol–water partition coefficient (Wildman–Crippen LogP) is 2.04. The molecule has 0 saturated carbocycles. The number of hydrogen-bond donors (Lipinski definition) is 1. The Morgan fingerprint density at radius 3 is 2.43 bits per heavy atom. The normalized spacial score (nSPS) is 12.7. The summed E-state index contributed by atoms with van der Waals surface area (Å²) in [5, 5.41) is 9.17. The Hall–Kier alpha value is -1.11. The van der Waals surface area contributed by atoms with Crippen molar-refractivity contribution in [1.82, 2.24) is 4.31 Å². The molecule has 1 aromatic carbocycles. The van der Waals surface area contributed by atoms with Gasteiger partial charge in [0.1, 0.15) is 5.75 Å². The quantitative estimate of drug-likeness (QED) is 0.836. The summed E-state index contributed by atoms with van der Waals surface area (Å²) in [4.78, 5) is 0.223. The zero-order valence-electron chi connectivity index (χ0n) is 13.4. The number of hydrogen-bond acceptors (Lipinski definition) is 4. The average molecular weight is 315 g/mol. The van der Waals surface area contributed by atoms with Crippen LogP contribution in [-0.2, 0) is 16.4 Å². The number of nitrogens with zero attached hydrogens (tertiary/aromatic N) is 1. The van der Waals surface area contributed by atoms with Crippen LogP contribution in [0.15, 0.2) is 23.1 Å². The fraction of sp³-hybridized carbons (Fsp3) is 0.600. The summed E-state index contributed by atoms with van der Waals surface area (Å²) >= 11 is 0. The van der Waals surface area contributed by atoms with E-state index >= 15 is 0 Å². The van der Waals surface area contributed by atoms with Crippen LogP contribution in [0.25, 0.3) is 0 Å². The highest BCUT2D eigenvalue weighted by atomic mass is 32.2. The van der Waals surface area contributed by atoms with Crippen LogP contribution >= 0.6 is 0 Å². The third kappa shape index (κ3) is 3.75. The molecule has 0 amide bonds. The van der Waals surface area contributed by atoms with Gasteiger partial charge in [0, 0.05) is 19.2 Å². The summed E-state index contributed by atoms with van der Waals surface area (Å²) in [6, 6.07) is 4.83. The second-order valence-corrected chi connectivity index (χ2v) is 7.52. The molecule has 0 heterocycles. The van der Waals surface area contributed by atoms with Gasteiger partial charge in [-0.15, -0.1) is 0 Å². The van der Waals surface area contributed by atoms with E-state index in [1.807, 2.05) is 20.8 Å². The fourth-order valence-electron chi connectivity index (χ4n) is 1.95. The highest BCUT2D eigenvalue weighted by molar-refractivity contribution is 7.89. The monoisotopic (exact) mass is 315 g/mol. The van der Waals surface area contributed by atoms with Gasteiger partial charge in [0.15, 0.2) is 0 Å². The van der Waals surface area contributed by atoms with Crippen molar-refractivity contribution < 1.29 is 18.3 Å². The van der Waals surface area contributed by atoms with E-state index in [-0.39, 0.29) is 17.9 Å². The van der Waals surface area contributed by atoms with Gasteiger partial charge >= 0.3 is 0 Å². The molecular formula is C15H25NO4S. The maximum Gasteiger partial charge on any atom is 0.243 e. The molecule has 0 aliphatic carbocycles. The lowest BCUT2D eigenvalue weighted by atomic mass is 10.0. The molecule has 0 aliphatic rings. The highest BCUT2D eigenvalue weighted by Gasteiger charge is 2.33. The Kier molecular flexibility index (Phi) is 5.78. The second-order valence-electron chi connectivity index (χ2n) is 5.59. The van der Waals surface area contributed by atoms with Crippen LogP contribution < -0.4 is 4.74 Å². The van der Waals surface area contributed by atoms with Crippen LogP contribution in [-0.4, -0.2) is 44.1 Å². The van der Waals surface area contributed by atoms with E-state index < -0.39 is 15.6 Å². The zero-order chi connectivity index (χ0) is 16.3. The van der Waals surface area contributed by atoms with Gasteiger partial charge in [-0.1, -0.05) is 6.92 Å². The summed E-state index contributed by atoms with van der Waals surface area (Å²) in [6.45, 7) is 5.62. The summed E-state index contributed by atoms with van der Waals surface area (Å²) in [6.07, 6.45) is 0.973. The first-order chi connectivity index (χ1) is 9.70. The predicted molar refractivity (Wildman–Crippen MR) is 83.1 cm³/mol. The molecule has 0 unspecified atom stereocenters. The van der Waals surface area contributed by atoms with Crippen LogP contribution in [0.4, 0.5) is 0 Å². The third-order valence-electron chi connectivity index (χ3n) is 4.00. The molecular weight excluding hydrogens is 290 g/mol. The first-order valence-electron chi connectivity index (χ1n) is 6.97. The molecule has 120 valence electrons. The minimum atomic E-state index is -3.62. The standard InChI is InChI=1S/C15H25NO4S/c1-6-15(2,3)16(4)21(18,19)14-8-7-13(20-5)11-12(14)9-10-17/h7-8,11,17H,6,9-10H2,1-5H3. The molecule has 0 radical (unpaired) electrons. The third-order valence-corrected chi connectivity index (χ3v) is 6.17. The molecule has 1 N–H and O–H groups in total. The largest absolute Gasteiger partial charge is 0.497 e. The summed E-state index contributed by atoms with van der Waals surface area (Å²) in [5.41, 5.74) is 0.0884. The number of benzene rings is 1. The lowest BCUT2D eigenvalue weighted by molar-refractivity contribution is 0.256. The van der Waals surface area contributed by atoms with Gasteiger partial charge in [-0.2, -0.15) is 4.31 Å². The van der Waals surface area contributed by atoms with Gasteiger partial charge in [-0.25, -0.2) is 8.42 Å². The van der Waals surface area contributed by atoms with Gasteiger partial charge in [0.25, 0.3) is 0 Å². The number of methoxy groups -OCH3 is 1. The van der Waals surface area contributed by atoms with Gasteiger partial charge < -0.3 is 9.84 Å². The molecule has 0 fully saturated rings. The molecule has 1 rings (SSSR count). The molecule has 0 saturated heterocycles. The first-order valence-corrected chi connectivity index (χ1v) is 8.41. The highest BCUT2D eigenvalue weighted by Crippen LogP contribution is 2.29. The molecule has 5 nitrogen and oxygen atoms in total. The van der Waals surface area contributed by atoms with Gasteiger partial charge in [-0.05, 0) is 50.5 Å². The maximum atomic E-state index is 12.8. The molecule has 0 spiro atoms. The van der Waals surface area contributed by atoms with Crippen LogP contribution in [0.3, 0.4) is 0 Å². The van der Waals surface area contributed by atoms with Crippen molar-refractivity contribution in [2.75, 3.05) is 20.8 Å². The van der Waals surface area contributed by atoms with Crippen LogP contribution in [0.2, 0.25) is 0 Å². The van der Waals surface area contributed by atoms with Crippen molar-refractivity contribution in [2.45, 2.75) is 44.0 Å². The summed E-state index contributed by atoms with van der Waals surface area (Å²) in [7, 11) is -0.505. The molecule has 0 aliphatic heterocycles. The second kappa shape index (κ2) is 6.77. The number of aliphatic hydroxyl groups excluding tert-OH is 1. The molecule has 0 bridgehead atoms. The summed E-state index contributed by atoms with van der Waals surface area (Å²) < 4.78 is 32.2. The Bertz CT molecular complexity index is 581. The number of aliphatic hydroxyl groups is 1. The van der Waals surface area contributed by atoms with Crippen molar-refractivity contribution in [2.24, 2.45) is 0 Å². The van der Waals surface area contributed by atoms with E-state index in [9.17, 15) is 8.42 Å². The molecule has 1 aromatic rings. The minimum absolute atomic E-state index is 0.115. The smallest absolute Gasteiger partial charge is 0.243 e. The van der Waals surface area contributed by atoms with E-state index in [1.54, 1.807) is 25.2 Å². The van der Waals surface area contributed by atoms with Gasteiger partial charge in [0.05, 0.1) is 12.0 Å². The van der Waals surface area contributed by atoms with E-state index in [0.29, 0.717) is 17.7 Å². The van der Waals surface area contributed by atoms with Crippen LogP contribution in [0.5, 0.6) is 5.75 Å². The molecule has 0 aromatic heterocycles. The van der Waals surface area contributed by atoms with Crippen LogP contribution in [0.1, 0.15) is 32.8 Å². The van der Waals surface area contributed by atoms with E-state index in [2.05, 4.69) is 0 Å². The SMILES string of the molecule is CCC(C)(C)N(C)S(=O)(=O)c1ccc(OC)cc1CCO. The van der Waals surface area contributed by atoms with Crippen molar-refractivity contribution >= 4 is 10.0 Å². The lowest BCUT2D eigenvalue weighted by Crippen LogP contribution is -2.44. The van der Waals surface area contributed by atoms with Crippen LogP contribution in [0, 0.1) is 0 Å². The topological polar surface area (TPSA) is 66.8 Å². The van der Waals surface area contributed by atoms with E-state index in [0.717, 1.165) is 0 Å². The van der Waals surface area contributed by atoms with Crippen molar-refractivity contribution in [3.63, 3.8) is 0 Å². The Balaban J connectivity index is 3.37. The number of ether oxygens (including phenoxy) is 1. The van der Waals surface area contributed by atoms with Gasteiger partial charge in [-0.3, -0.25) is 0 Å². The Labute approximate surface area is 127 Å². The van der Waals surface area contributed by atoms with Crippen molar-refractivity contribution in [1.29, 1.82) is 0 Å². The zero-order valence-corrected chi connectivity index (χ0v) is 14.2.